The molecule has 210 valence electrons. The minimum Gasteiger partial charge on any atom is -0.466 e. The molecule has 0 atom stereocenters. The van der Waals surface area contributed by atoms with Crippen molar-refractivity contribution in [2.75, 3.05) is 18.5 Å². The van der Waals surface area contributed by atoms with Crippen molar-refractivity contribution in [1.82, 2.24) is 9.97 Å². The maximum Gasteiger partial charge on any atom is 0.310 e. The van der Waals surface area contributed by atoms with E-state index < -0.39 is 8.32 Å². The molecule has 0 unspecified atom stereocenters. The van der Waals surface area contributed by atoms with Crippen molar-refractivity contribution >= 4 is 43.2 Å². The molecular weight excluding hydrogens is 523 g/mol. The zero-order valence-corrected chi connectivity index (χ0v) is 26.5. The Balaban J connectivity index is 1.69. The predicted molar refractivity (Wildman–Crippen MR) is 166 cm³/mol. The molecule has 2 aromatic heterocycles. The Kier molecular flexibility index (Phi) is 10.6. The van der Waals surface area contributed by atoms with Crippen LogP contribution in [0.1, 0.15) is 62.7 Å². The monoisotopic (exact) mass is 565 g/mol. The average molecular weight is 566 g/mol. The number of rotatable bonds is 12. The molecule has 0 aliphatic carbocycles. The summed E-state index contributed by atoms with van der Waals surface area (Å²) in [7, 11) is -1.71. The molecule has 3 rings (SSSR count). The Hall–Kier alpha value is -2.81. The lowest BCUT2D eigenvalue weighted by Gasteiger charge is -2.36. The summed E-state index contributed by atoms with van der Waals surface area (Å²) >= 11 is 1.69. The molecule has 1 aromatic carbocycles. The first-order chi connectivity index (χ1) is 18.4. The molecule has 2 heterocycles. The molecule has 0 saturated carbocycles. The zero-order chi connectivity index (χ0) is 28.6. The molecule has 3 aromatic rings. The molecule has 0 saturated heterocycles. The van der Waals surface area contributed by atoms with Crippen LogP contribution in [-0.2, 0) is 26.8 Å². The summed E-state index contributed by atoms with van der Waals surface area (Å²) in [5, 5.41) is 3.70. The van der Waals surface area contributed by atoms with E-state index in [0.717, 1.165) is 58.5 Å². The van der Waals surface area contributed by atoms with Crippen LogP contribution in [0.5, 0.6) is 0 Å². The van der Waals surface area contributed by atoms with Gasteiger partial charge in [-0.2, -0.15) is 0 Å². The molecule has 0 aliphatic heterocycles. The lowest BCUT2D eigenvalue weighted by atomic mass is 10.1. The van der Waals surface area contributed by atoms with E-state index in [2.05, 4.69) is 70.4 Å². The Morgan fingerprint density at radius 2 is 1.79 bits per heavy atom. The van der Waals surface area contributed by atoms with Crippen LogP contribution in [0.4, 0.5) is 11.5 Å². The number of carbonyl (C=O) groups is 1. The maximum atomic E-state index is 11.8. The van der Waals surface area contributed by atoms with Gasteiger partial charge >= 0.3 is 5.97 Å². The van der Waals surface area contributed by atoms with Gasteiger partial charge in [0, 0.05) is 28.4 Å². The van der Waals surface area contributed by atoms with E-state index in [-0.39, 0.29) is 17.4 Å². The zero-order valence-electron chi connectivity index (χ0n) is 24.7. The van der Waals surface area contributed by atoms with Crippen LogP contribution in [0, 0.1) is 6.92 Å². The number of aryl methyl sites for hydroxylation is 1. The minimum absolute atomic E-state index is 0.216. The largest absolute Gasteiger partial charge is 0.466 e. The number of nitrogens with zero attached hydrogens (tertiary/aromatic N) is 2. The van der Waals surface area contributed by atoms with Crippen molar-refractivity contribution in [3.05, 3.63) is 64.2 Å². The van der Waals surface area contributed by atoms with Crippen LogP contribution in [-0.4, -0.2) is 37.5 Å². The topological polar surface area (TPSA) is 73.3 Å². The predicted octanol–water partition coefficient (Wildman–Crippen LogP) is 8.35. The highest BCUT2D eigenvalue weighted by Crippen LogP contribution is 2.36. The molecular formula is C31H43N3O3SSi. The molecule has 0 amide bonds. The van der Waals surface area contributed by atoms with Crippen LogP contribution in [0.3, 0.4) is 0 Å². The molecule has 6 nitrogen and oxygen atoms in total. The first-order valence-electron chi connectivity index (χ1n) is 13.7. The maximum absolute atomic E-state index is 11.8. The van der Waals surface area contributed by atoms with Crippen molar-refractivity contribution in [2.24, 2.45) is 0 Å². The Morgan fingerprint density at radius 1 is 1.08 bits per heavy atom. The Bertz CT molecular complexity index is 1280. The normalized spacial score (nSPS) is 12.2. The quantitative estimate of drug-likeness (QED) is 0.135. The van der Waals surface area contributed by atoms with Crippen molar-refractivity contribution in [1.29, 1.82) is 0 Å². The fourth-order valence-corrected chi connectivity index (χ4v) is 5.75. The number of carbonyl (C=O) groups excluding carboxylic acids is 1. The van der Waals surface area contributed by atoms with Gasteiger partial charge in [0.25, 0.3) is 0 Å². The van der Waals surface area contributed by atoms with Gasteiger partial charge < -0.3 is 14.5 Å². The summed E-state index contributed by atoms with van der Waals surface area (Å²) in [5.74, 6) is 1.32. The standard InChI is InChI=1S/C31H43N3O3SSi/c1-9-26-22(3)32-30(34-29(26)33-24-16-14-23(15-17-24)21-28(35)36-10-2)27-19-18-25(38-27)13-11-12-20-37-39(7,8)31(4,5)6/h11,13-19H,9-10,12,20-21H2,1-8H3,(H,32,33,34)/b13-11+. The number of ether oxygens (including phenoxy) is 1. The van der Waals surface area contributed by atoms with E-state index >= 15 is 0 Å². The van der Waals surface area contributed by atoms with Crippen molar-refractivity contribution in [3.8, 4) is 10.7 Å². The fourth-order valence-electron chi connectivity index (χ4n) is 3.81. The number of esters is 1. The van der Waals surface area contributed by atoms with Crippen LogP contribution in [0.25, 0.3) is 16.8 Å². The number of anilines is 2. The SMILES string of the molecule is CCOC(=O)Cc1ccc(Nc2nc(-c3ccc(/C=C/CCO[Si](C)(C)C(C)(C)C)s3)nc(C)c2CC)cc1. The van der Waals surface area contributed by atoms with E-state index in [4.69, 9.17) is 19.1 Å². The second-order valence-corrected chi connectivity index (χ2v) is 17.0. The summed E-state index contributed by atoms with van der Waals surface area (Å²) in [4.78, 5) is 23.7. The van der Waals surface area contributed by atoms with E-state index in [1.165, 1.54) is 4.88 Å². The lowest BCUT2D eigenvalue weighted by molar-refractivity contribution is -0.142. The van der Waals surface area contributed by atoms with E-state index in [1.807, 2.05) is 38.1 Å². The van der Waals surface area contributed by atoms with Crippen LogP contribution in [0.15, 0.2) is 42.5 Å². The smallest absolute Gasteiger partial charge is 0.310 e. The summed E-state index contributed by atoms with van der Waals surface area (Å²) in [6.45, 7) is 18.5. The van der Waals surface area contributed by atoms with E-state index in [1.54, 1.807) is 11.3 Å². The van der Waals surface area contributed by atoms with Crippen LogP contribution >= 0.6 is 11.3 Å². The third-order valence-corrected chi connectivity index (χ3v) is 12.7. The molecule has 39 heavy (non-hydrogen) atoms. The third-order valence-electron chi connectivity index (χ3n) is 7.12. The lowest BCUT2D eigenvalue weighted by Crippen LogP contribution is -2.40. The molecule has 0 fully saturated rings. The summed E-state index contributed by atoms with van der Waals surface area (Å²) in [6, 6.07) is 12.0. The average Bonchev–Trinajstić information content (AvgIpc) is 3.33. The Morgan fingerprint density at radius 3 is 2.44 bits per heavy atom. The molecule has 1 N–H and O–H groups in total. The molecule has 0 spiro atoms. The van der Waals surface area contributed by atoms with Gasteiger partial charge in [-0.3, -0.25) is 4.79 Å². The van der Waals surface area contributed by atoms with Crippen LogP contribution < -0.4 is 5.32 Å². The number of hydrogen-bond donors (Lipinski definition) is 1. The number of benzene rings is 1. The highest BCUT2D eigenvalue weighted by molar-refractivity contribution is 7.16. The van der Waals surface area contributed by atoms with E-state index in [0.29, 0.717) is 6.61 Å². The summed E-state index contributed by atoms with van der Waals surface area (Å²) in [6.07, 6.45) is 6.34. The molecule has 0 bridgehead atoms. The molecule has 0 radical (unpaired) electrons. The molecule has 0 aliphatic rings. The van der Waals surface area contributed by atoms with Gasteiger partial charge in [-0.15, -0.1) is 11.3 Å². The number of aromatic nitrogens is 2. The minimum atomic E-state index is -1.71. The third kappa shape index (κ3) is 8.59. The van der Waals surface area contributed by atoms with Crippen molar-refractivity contribution in [2.45, 2.75) is 78.9 Å². The van der Waals surface area contributed by atoms with Gasteiger partial charge in [0.2, 0.25) is 0 Å². The first kappa shape index (κ1) is 30.7. The highest BCUT2D eigenvalue weighted by Gasteiger charge is 2.36. The van der Waals surface area contributed by atoms with Gasteiger partial charge in [0.1, 0.15) is 5.82 Å². The first-order valence-corrected chi connectivity index (χ1v) is 17.5. The fraction of sp³-hybridized carbons (Fsp3) is 0.452. The van der Waals surface area contributed by atoms with Crippen molar-refractivity contribution < 1.29 is 14.0 Å². The summed E-state index contributed by atoms with van der Waals surface area (Å²) < 4.78 is 11.3. The number of thiophene rings is 1. The van der Waals surface area contributed by atoms with Gasteiger partial charge in [-0.05, 0) is 80.7 Å². The summed E-state index contributed by atoms with van der Waals surface area (Å²) in [5.41, 5.74) is 3.89. The van der Waals surface area contributed by atoms with E-state index in [9.17, 15) is 4.79 Å². The van der Waals surface area contributed by atoms with Gasteiger partial charge in [-0.25, -0.2) is 9.97 Å². The Labute approximate surface area is 239 Å². The second kappa shape index (κ2) is 13.5. The van der Waals surface area contributed by atoms with Gasteiger partial charge in [0.15, 0.2) is 14.1 Å². The number of hydrogen-bond acceptors (Lipinski definition) is 7. The van der Waals surface area contributed by atoms with Gasteiger partial charge in [-0.1, -0.05) is 45.9 Å². The number of nitrogens with one attached hydrogen (secondary N) is 1. The van der Waals surface area contributed by atoms with Crippen LogP contribution in [0.2, 0.25) is 18.1 Å². The second-order valence-electron chi connectivity index (χ2n) is 11.1. The highest BCUT2D eigenvalue weighted by atomic mass is 32.1. The molecule has 8 heteroatoms. The van der Waals surface area contributed by atoms with Crippen molar-refractivity contribution in [3.63, 3.8) is 0 Å². The van der Waals surface area contributed by atoms with Gasteiger partial charge in [0.05, 0.1) is 17.9 Å².